The van der Waals surface area contributed by atoms with Crippen molar-refractivity contribution < 1.29 is 14.1 Å². The van der Waals surface area contributed by atoms with Gasteiger partial charge in [0.15, 0.2) is 0 Å². The van der Waals surface area contributed by atoms with E-state index in [4.69, 9.17) is 9.26 Å². The summed E-state index contributed by atoms with van der Waals surface area (Å²) in [4.78, 5) is 16.7. The summed E-state index contributed by atoms with van der Waals surface area (Å²) in [5.41, 5.74) is 2.64. The molecular formula is C22H24N4O3. The van der Waals surface area contributed by atoms with E-state index in [1.165, 1.54) is 0 Å². The molecule has 3 aromatic rings. The summed E-state index contributed by atoms with van der Waals surface area (Å²) in [7, 11) is 1.62. The Labute approximate surface area is 169 Å². The molecule has 7 nitrogen and oxygen atoms in total. The SMILES string of the molecule is COc1cccc(-c2noc(NCc3cccc(NC(=O)C4CCCC4)c3)n2)c1. The Morgan fingerprint density at radius 3 is 2.83 bits per heavy atom. The molecule has 2 aromatic carbocycles. The molecule has 0 radical (unpaired) electrons. The summed E-state index contributed by atoms with van der Waals surface area (Å²) in [6.45, 7) is 0.507. The van der Waals surface area contributed by atoms with Gasteiger partial charge in [0.05, 0.1) is 7.11 Å². The number of benzene rings is 2. The normalized spacial score (nSPS) is 14.0. The number of carbonyl (C=O) groups excluding carboxylic acids is 1. The van der Waals surface area contributed by atoms with Crippen molar-refractivity contribution in [3.8, 4) is 17.1 Å². The van der Waals surface area contributed by atoms with Crippen LogP contribution in [0.5, 0.6) is 5.75 Å². The van der Waals surface area contributed by atoms with Gasteiger partial charge in [0.2, 0.25) is 11.7 Å². The van der Waals surface area contributed by atoms with Crippen LogP contribution in [0, 0.1) is 5.92 Å². The number of aromatic nitrogens is 2. The van der Waals surface area contributed by atoms with E-state index in [2.05, 4.69) is 20.8 Å². The predicted octanol–water partition coefficient (Wildman–Crippen LogP) is 4.49. The van der Waals surface area contributed by atoms with Crippen LogP contribution in [-0.2, 0) is 11.3 Å². The highest BCUT2D eigenvalue weighted by Crippen LogP contribution is 2.26. The van der Waals surface area contributed by atoms with Crippen LogP contribution in [0.15, 0.2) is 53.1 Å². The summed E-state index contributed by atoms with van der Waals surface area (Å²) >= 11 is 0. The Morgan fingerprint density at radius 2 is 2.00 bits per heavy atom. The highest BCUT2D eigenvalue weighted by Gasteiger charge is 2.22. The van der Waals surface area contributed by atoms with Gasteiger partial charge in [0.25, 0.3) is 0 Å². The Kier molecular flexibility index (Phi) is 5.74. The van der Waals surface area contributed by atoms with Gasteiger partial charge in [-0.25, -0.2) is 0 Å². The smallest absolute Gasteiger partial charge is 0.322 e. The molecule has 1 saturated carbocycles. The predicted molar refractivity (Wildman–Crippen MR) is 111 cm³/mol. The zero-order valence-corrected chi connectivity index (χ0v) is 16.4. The van der Waals surface area contributed by atoms with E-state index < -0.39 is 0 Å². The van der Waals surface area contributed by atoms with Crippen molar-refractivity contribution in [1.29, 1.82) is 0 Å². The van der Waals surface area contributed by atoms with Crippen LogP contribution in [0.25, 0.3) is 11.4 Å². The third-order valence-electron chi connectivity index (χ3n) is 5.12. The van der Waals surface area contributed by atoms with Crippen molar-refractivity contribution in [2.45, 2.75) is 32.2 Å². The molecule has 2 N–H and O–H groups in total. The fraction of sp³-hybridized carbons (Fsp3) is 0.318. The van der Waals surface area contributed by atoms with Crippen LogP contribution in [0.4, 0.5) is 11.7 Å². The van der Waals surface area contributed by atoms with Crippen LogP contribution in [-0.4, -0.2) is 23.2 Å². The zero-order valence-electron chi connectivity index (χ0n) is 16.4. The van der Waals surface area contributed by atoms with Gasteiger partial charge in [-0.2, -0.15) is 4.98 Å². The van der Waals surface area contributed by atoms with Crippen molar-refractivity contribution in [2.75, 3.05) is 17.7 Å². The summed E-state index contributed by atoms with van der Waals surface area (Å²) in [5, 5.41) is 10.2. The number of methoxy groups -OCH3 is 1. The van der Waals surface area contributed by atoms with Gasteiger partial charge < -0.3 is 19.9 Å². The minimum atomic E-state index is 0.118. The van der Waals surface area contributed by atoms with Crippen LogP contribution >= 0.6 is 0 Å². The standard InChI is InChI=1S/C22H24N4O3/c1-28-19-11-5-9-17(13-19)20-25-22(29-26-20)23-14-15-6-4-10-18(12-15)24-21(27)16-7-2-3-8-16/h4-6,9-13,16H,2-3,7-8,14H2,1H3,(H,24,27)(H,23,25,26). The highest BCUT2D eigenvalue weighted by atomic mass is 16.5. The lowest BCUT2D eigenvalue weighted by Crippen LogP contribution is -2.20. The van der Waals surface area contributed by atoms with Crippen LogP contribution in [0.1, 0.15) is 31.2 Å². The first-order chi connectivity index (χ1) is 14.2. The molecule has 29 heavy (non-hydrogen) atoms. The van der Waals surface area contributed by atoms with Crippen molar-refractivity contribution in [1.82, 2.24) is 10.1 Å². The van der Waals surface area contributed by atoms with Crippen LogP contribution in [0.2, 0.25) is 0 Å². The fourth-order valence-electron chi connectivity index (χ4n) is 3.54. The zero-order chi connectivity index (χ0) is 20.1. The third-order valence-corrected chi connectivity index (χ3v) is 5.12. The summed E-state index contributed by atoms with van der Waals surface area (Å²) in [6.07, 6.45) is 4.26. The van der Waals surface area contributed by atoms with E-state index in [-0.39, 0.29) is 11.8 Å². The topological polar surface area (TPSA) is 89.3 Å². The average Bonchev–Trinajstić information content (AvgIpc) is 3.45. The maximum atomic E-state index is 12.3. The minimum Gasteiger partial charge on any atom is -0.497 e. The number of ether oxygens (including phenoxy) is 1. The molecule has 1 fully saturated rings. The van der Waals surface area contributed by atoms with Gasteiger partial charge >= 0.3 is 6.01 Å². The van der Waals surface area contributed by atoms with Crippen molar-refractivity contribution >= 4 is 17.6 Å². The summed E-state index contributed by atoms with van der Waals surface area (Å²) in [6, 6.07) is 15.6. The molecule has 0 saturated heterocycles. The lowest BCUT2D eigenvalue weighted by Gasteiger charge is -2.11. The van der Waals surface area contributed by atoms with Crippen molar-refractivity contribution in [2.24, 2.45) is 5.92 Å². The molecule has 1 amide bonds. The quantitative estimate of drug-likeness (QED) is 0.616. The number of hydrogen-bond donors (Lipinski definition) is 2. The second-order valence-electron chi connectivity index (χ2n) is 7.18. The molecule has 0 atom stereocenters. The molecule has 0 aliphatic heterocycles. The molecule has 7 heteroatoms. The lowest BCUT2D eigenvalue weighted by molar-refractivity contribution is -0.119. The highest BCUT2D eigenvalue weighted by molar-refractivity contribution is 5.92. The Hall–Kier alpha value is -3.35. The Bertz CT molecular complexity index is 979. The number of anilines is 2. The second kappa shape index (κ2) is 8.77. The maximum absolute atomic E-state index is 12.3. The molecule has 0 unspecified atom stereocenters. The van der Waals surface area contributed by atoms with E-state index in [0.29, 0.717) is 18.4 Å². The lowest BCUT2D eigenvalue weighted by atomic mass is 10.1. The van der Waals surface area contributed by atoms with Gasteiger partial charge in [0, 0.05) is 23.7 Å². The van der Waals surface area contributed by atoms with E-state index in [1.807, 2.05) is 48.5 Å². The van der Waals surface area contributed by atoms with E-state index in [1.54, 1.807) is 7.11 Å². The molecule has 4 rings (SSSR count). The Morgan fingerprint density at radius 1 is 1.17 bits per heavy atom. The number of nitrogens with zero attached hydrogens (tertiary/aromatic N) is 2. The summed E-state index contributed by atoms with van der Waals surface area (Å²) in [5.74, 6) is 1.49. The first-order valence-electron chi connectivity index (χ1n) is 9.83. The maximum Gasteiger partial charge on any atom is 0.322 e. The first kappa shape index (κ1) is 19.0. The second-order valence-corrected chi connectivity index (χ2v) is 7.18. The third kappa shape index (κ3) is 4.74. The number of carbonyl (C=O) groups is 1. The number of rotatable bonds is 7. The van der Waals surface area contributed by atoms with Crippen LogP contribution < -0.4 is 15.4 Å². The number of nitrogens with one attached hydrogen (secondary N) is 2. The first-order valence-corrected chi connectivity index (χ1v) is 9.83. The minimum absolute atomic E-state index is 0.118. The van der Waals surface area contributed by atoms with Crippen molar-refractivity contribution in [3.05, 3.63) is 54.1 Å². The van der Waals surface area contributed by atoms with Gasteiger partial charge in [0.1, 0.15) is 5.75 Å². The molecule has 0 spiro atoms. The van der Waals surface area contributed by atoms with E-state index in [0.717, 1.165) is 48.2 Å². The number of hydrogen-bond acceptors (Lipinski definition) is 6. The van der Waals surface area contributed by atoms with Gasteiger partial charge in [-0.15, -0.1) is 0 Å². The monoisotopic (exact) mass is 392 g/mol. The van der Waals surface area contributed by atoms with E-state index >= 15 is 0 Å². The van der Waals surface area contributed by atoms with E-state index in [9.17, 15) is 4.79 Å². The van der Waals surface area contributed by atoms with Gasteiger partial charge in [-0.1, -0.05) is 42.3 Å². The fourth-order valence-corrected chi connectivity index (χ4v) is 3.54. The molecule has 1 aromatic heterocycles. The number of amides is 1. The molecule has 1 aliphatic rings. The average molecular weight is 392 g/mol. The van der Waals surface area contributed by atoms with Crippen LogP contribution in [0.3, 0.4) is 0 Å². The molecular weight excluding hydrogens is 368 g/mol. The molecule has 150 valence electrons. The summed E-state index contributed by atoms with van der Waals surface area (Å²) < 4.78 is 10.5. The molecule has 1 heterocycles. The van der Waals surface area contributed by atoms with Gasteiger partial charge in [-0.3, -0.25) is 4.79 Å². The molecule has 1 aliphatic carbocycles. The van der Waals surface area contributed by atoms with Gasteiger partial charge in [-0.05, 0) is 42.7 Å². The molecule has 0 bridgehead atoms. The largest absolute Gasteiger partial charge is 0.497 e. The Balaban J connectivity index is 1.37. The van der Waals surface area contributed by atoms with Crippen molar-refractivity contribution in [3.63, 3.8) is 0 Å².